The average molecular weight is 535 g/mol. The van der Waals surface area contributed by atoms with Gasteiger partial charge in [-0.2, -0.15) is 0 Å². The molecule has 190 valence electrons. The van der Waals surface area contributed by atoms with Gasteiger partial charge < -0.3 is 20.7 Å². The Morgan fingerprint density at radius 2 is 1.68 bits per heavy atom. The number of fused-ring (bicyclic) bond motifs is 1. The number of aromatic nitrogens is 1. The standard InChI is InChI=1S/C28H27ClN4O3S/c29-19-12-14-20(15-13-19)36-16-26-30-25(17-37-26)27(34)31-23-9-3-4-10-24(23)33-28(35)32-22-11-5-7-18-6-1-2-8-21(18)22/h1-2,5-8,11-15,17,23-24H,3-4,9-10,16H2,(H,31,34)(H2,32,33,35)/t23-,24+/m0/s1. The molecule has 0 unspecified atom stereocenters. The lowest BCUT2D eigenvalue weighted by molar-refractivity contribution is 0.0911. The zero-order valence-corrected chi connectivity index (χ0v) is 21.6. The van der Waals surface area contributed by atoms with Crippen molar-refractivity contribution in [1.29, 1.82) is 0 Å². The number of urea groups is 1. The van der Waals surface area contributed by atoms with Crippen molar-refractivity contribution in [3.05, 3.63) is 87.8 Å². The van der Waals surface area contributed by atoms with Crippen molar-refractivity contribution in [1.82, 2.24) is 15.6 Å². The summed E-state index contributed by atoms with van der Waals surface area (Å²) >= 11 is 7.28. The molecule has 1 saturated carbocycles. The molecule has 0 saturated heterocycles. The smallest absolute Gasteiger partial charge is 0.319 e. The highest BCUT2D eigenvalue weighted by Crippen LogP contribution is 2.24. The van der Waals surface area contributed by atoms with Gasteiger partial charge in [-0.25, -0.2) is 9.78 Å². The lowest BCUT2D eigenvalue weighted by atomic mass is 9.90. The van der Waals surface area contributed by atoms with Crippen LogP contribution >= 0.6 is 22.9 Å². The molecule has 5 rings (SSSR count). The molecule has 0 radical (unpaired) electrons. The van der Waals surface area contributed by atoms with Gasteiger partial charge in [-0.15, -0.1) is 11.3 Å². The van der Waals surface area contributed by atoms with Gasteiger partial charge in [-0.05, 0) is 48.6 Å². The SMILES string of the molecule is O=C(Nc1cccc2ccccc12)N[C@@H]1CCCC[C@@H]1NC(=O)c1csc(COc2ccc(Cl)cc2)n1. The van der Waals surface area contributed by atoms with E-state index in [-0.39, 0.29) is 30.6 Å². The summed E-state index contributed by atoms with van der Waals surface area (Å²) in [6, 6.07) is 20.2. The Hall–Kier alpha value is -3.62. The van der Waals surface area contributed by atoms with E-state index in [4.69, 9.17) is 16.3 Å². The fraction of sp³-hybridized carbons (Fsp3) is 0.250. The van der Waals surface area contributed by atoms with Crippen LogP contribution in [-0.2, 0) is 6.61 Å². The highest BCUT2D eigenvalue weighted by molar-refractivity contribution is 7.09. The van der Waals surface area contributed by atoms with Gasteiger partial charge in [0.1, 0.15) is 23.1 Å². The summed E-state index contributed by atoms with van der Waals surface area (Å²) in [7, 11) is 0. The Bertz CT molecular complexity index is 1390. The summed E-state index contributed by atoms with van der Waals surface area (Å²) in [5, 5.41) is 14.2. The number of nitrogens with zero attached hydrogens (tertiary/aromatic N) is 1. The van der Waals surface area contributed by atoms with Crippen molar-refractivity contribution >= 4 is 51.3 Å². The van der Waals surface area contributed by atoms with E-state index >= 15 is 0 Å². The number of carbonyl (C=O) groups is 2. The molecule has 1 aromatic heterocycles. The van der Waals surface area contributed by atoms with Crippen LogP contribution in [0.5, 0.6) is 5.75 Å². The maximum atomic E-state index is 13.0. The predicted octanol–water partition coefficient (Wildman–Crippen LogP) is 6.39. The van der Waals surface area contributed by atoms with E-state index in [1.54, 1.807) is 29.6 Å². The zero-order chi connectivity index (χ0) is 25.6. The highest BCUT2D eigenvalue weighted by Gasteiger charge is 2.29. The summed E-state index contributed by atoms with van der Waals surface area (Å²) in [6.45, 7) is 0.265. The van der Waals surface area contributed by atoms with Crippen molar-refractivity contribution in [2.45, 2.75) is 44.4 Å². The minimum atomic E-state index is -0.280. The monoisotopic (exact) mass is 534 g/mol. The second-order valence-electron chi connectivity index (χ2n) is 8.97. The largest absolute Gasteiger partial charge is 0.486 e. The van der Waals surface area contributed by atoms with Crippen molar-refractivity contribution in [2.75, 3.05) is 5.32 Å². The number of anilines is 1. The molecule has 1 heterocycles. The number of carbonyl (C=O) groups excluding carboxylic acids is 2. The maximum absolute atomic E-state index is 13.0. The maximum Gasteiger partial charge on any atom is 0.319 e. The van der Waals surface area contributed by atoms with Gasteiger partial charge in [-0.1, -0.05) is 60.8 Å². The van der Waals surface area contributed by atoms with Crippen molar-refractivity contribution < 1.29 is 14.3 Å². The van der Waals surface area contributed by atoms with Crippen LogP contribution in [0.1, 0.15) is 41.2 Å². The number of hydrogen-bond donors (Lipinski definition) is 3. The summed E-state index contributed by atoms with van der Waals surface area (Å²) in [5.41, 5.74) is 1.10. The minimum absolute atomic E-state index is 0.168. The summed E-state index contributed by atoms with van der Waals surface area (Å²) < 4.78 is 5.73. The second kappa shape index (κ2) is 11.6. The van der Waals surface area contributed by atoms with E-state index < -0.39 is 0 Å². The first-order chi connectivity index (χ1) is 18.0. The topological polar surface area (TPSA) is 92.4 Å². The Balaban J connectivity index is 1.17. The summed E-state index contributed by atoms with van der Waals surface area (Å²) in [5.74, 6) is 0.436. The fourth-order valence-electron chi connectivity index (χ4n) is 4.54. The van der Waals surface area contributed by atoms with E-state index in [0.29, 0.717) is 21.5 Å². The number of halogens is 1. The van der Waals surface area contributed by atoms with Gasteiger partial charge in [0.2, 0.25) is 0 Å². The normalized spacial score (nSPS) is 17.2. The van der Waals surface area contributed by atoms with E-state index in [1.165, 1.54) is 11.3 Å². The number of rotatable bonds is 7. The quantitative estimate of drug-likeness (QED) is 0.256. The zero-order valence-electron chi connectivity index (χ0n) is 20.1. The Kier molecular flexibility index (Phi) is 7.87. The number of ether oxygens (including phenoxy) is 1. The van der Waals surface area contributed by atoms with Crippen LogP contribution in [0.15, 0.2) is 72.1 Å². The first kappa shape index (κ1) is 25.0. The van der Waals surface area contributed by atoms with E-state index in [0.717, 1.165) is 42.1 Å². The molecule has 37 heavy (non-hydrogen) atoms. The number of amides is 3. The van der Waals surface area contributed by atoms with Gasteiger partial charge in [0.25, 0.3) is 5.91 Å². The third kappa shape index (κ3) is 6.39. The van der Waals surface area contributed by atoms with Crippen molar-refractivity contribution in [3.8, 4) is 5.75 Å². The molecule has 4 aromatic rings. The van der Waals surface area contributed by atoms with Crippen LogP contribution < -0.4 is 20.7 Å². The summed E-state index contributed by atoms with van der Waals surface area (Å²) in [4.78, 5) is 30.3. The average Bonchev–Trinajstić information content (AvgIpc) is 3.39. The molecule has 0 bridgehead atoms. The van der Waals surface area contributed by atoms with Gasteiger partial charge in [-0.3, -0.25) is 4.79 Å². The van der Waals surface area contributed by atoms with Crippen molar-refractivity contribution in [2.24, 2.45) is 0 Å². The van der Waals surface area contributed by atoms with E-state index in [1.807, 2.05) is 42.5 Å². The number of hydrogen-bond acceptors (Lipinski definition) is 5. The molecule has 1 aliphatic rings. The molecular weight excluding hydrogens is 508 g/mol. The van der Waals surface area contributed by atoms with Crippen LogP contribution in [0, 0.1) is 0 Å². The molecule has 3 aromatic carbocycles. The lowest BCUT2D eigenvalue weighted by Crippen LogP contribution is -2.54. The highest BCUT2D eigenvalue weighted by atomic mass is 35.5. The van der Waals surface area contributed by atoms with Gasteiger partial charge in [0.05, 0.1) is 11.7 Å². The van der Waals surface area contributed by atoms with Crippen molar-refractivity contribution in [3.63, 3.8) is 0 Å². The molecule has 3 amide bonds. The number of thiazole rings is 1. The molecule has 2 atom stereocenters. The summed E-state index contributed by atoms with van der Waals surface area (Å²) in [6.07, 6.45) is 3.58. The van der Waals surface area contributed by atoms with Gasteiger partial charge in [0.15, 0.2) is 0 Å². The molecule has 7 nitrogen and oxygen atoms in total. The fourth-order valence-corrected chi connectivity index (χ4v) is 5.35. The molecule has 3 N–H and O–H groups in total. The van der Waals surface area contributed by atoms with Gasteiger partial charge in [0, 0.05) is 21.8 Å². The van der Waals surface area contributed by atoms with Crippen LogP contribution in [0.2, 0.25) is 5.02 Å². The lowest BCUT2D eigenvalue weighted by Gasteiger charge is -2.32. The molecule has 1 fully saturated rings. The molecule has 0 aliphatic heterocycles. The number of nitrogens with one attached hydrogen (secondary N) is 3. The third-order valence-electron chi connectivity index (χ3n) is 6.40. The molecule has 1 aliphatic carbocycles. The van der Waals surface area contributed by atoms with Crippen LogP contribution in [-0.4, -0.2) is 29.0 Å². The molecule has 9 heteroatoms. The third-order valence-corrected chi connectivity index (χ3v) is 7.47. The molecular formula is C28H27ClN4O3S. The molecule has 0 spiro atoms. The Morgan fingerprint density at radius 3 is 2.49 bits per heavy atom. The Morgan fingerprint density at radius 1 is 0.946 bits per heavy atom. The first-order valence-electron chi connectivity index (χ1n) is 12.2. The van der Waals surface area contributed by atoms with E-state index in [9.17, 15) is 9.59 Å². The van der Waals surface area contributed by atoms with Crippen LogP contribution in [0.3, 0.4) is 0 Å². The first-order valence-corrected chi connectivity index (χ1v) is 13.5. The van der Waals surface area contributed by atoms with E-state index in [2.05, 4.69) is 20.9 Å². The minimum Gasteiger partial charge on any atom is -0.486 e. The van der Waals surface area contributed by atoms with Gasteiger partial charge >= 0.3 is 6.03 Å². The Labute approximate surface area is 224 Å². The predicted molar refractivity (Wildman–Crippen MR) is 148 cm³/mol. The van der Waals surface area contributed by atoms with Crippen LogP contribution in [0.25, 0.3) is 10.8 Å². The van der Waals surface area contributed by atoms with Crippen LogP contribution in [0.4, 0.5) is 10.5 Å². The second-order valence-corrected chi connectivity index (χ2v) is 10.3. The number of benzene rings is 3.